The number of nitrogens with two attached hydrogens (primary N) is 1. The molecule has 2 aliphatic rings. The van der Waals surface area contributed by atoms with Crippen molar-refractivity contribution in [1.82, 2.24) is 9.80 Å². The molecule has 0 spiro atoms. The molecule has 0 aromatic carbocycles. The van der Waals surface area contributed by atoms with Crippen LogP contribution in [0.4, 0.5) is 0 Å². The van der Waals surface area contributed by atoms with Crippen LogP contribution in [0.3, 0.4) is 0 Å². The lowest BCUT2D eigenvalue weighted by Crippen LogP contribution is -2.60. The summed E-state index contributed by atoms with van der Waals surface area (Å²) in [4.78, 5) is 5.05. The van der Waals surface area contributed by atoms with Gasteiger partial charge in [0.15, 0.2) is 0 Å². The van der Waals surface area contributed by atoms with Crippen molar-refractivity contribution >= 4 is 0 Å². The lowest BCUT2D eigenvalue weighted by Gasteiger charge is -2.48. The molecule has 0 saturated carbocycles. The first-order valence-corrected chi connectivity index (χ1v) is 7.35. The molecule has 0 radical (unpaired) electrons. The fraction of sp³-hybridized carbons (Fsp3) is 1.00. The van der Waals surface area contributed by atoms with Crippen LogP contribution in [-0.2, 0) is 4.74 Å². The van der Waals surface area contributed by atoms with Gasteiger partial charge in [-0.2, -0.15) is 0 Å². The highest BCUT2D eigenvalue weighted by Crippen LogP contribution is 2.30. The molecule has 2 heterocycles. The van der Waals surface area contributed by atoms with E-state index in [-0.39, 0.29) is 5.54 Å². The minimum atomic E-state index is 0.205. The number of nitrogens with zero attached hydrogens (tertiary/aromatic N) is 2. The molecule has 18 heavy (non-hydrogen) atoms. The van der Waals surface area contributed by atoms with Gasteiger partial charge in [0.1, 0.15) is 0 Å². The van der Waals surface area contributed by atoms with Gasteiger partial charge in [-0.1, -0.05) is 0 Å². The number of rotatable bonds is 2. The topological polar surface area (TPSA) is 41.7 Å². The molecule has 2 fully saturated rings. The minimum absolute atomic E-state index is 0.205. The molecule has 0 aliphatic carbocycles. The number of hydrogen-bond donors (Lipinski definition) is 1. The van der Waals surface area contributed by atoms with Gasteiger partial charge in [0.25, 0.3) is 0 Å². The molecule has 106 valence electrons. The van der Waals surface area contributed by atoms with Crippen LogP contribution in [-0.4, -0.2) is 67.3 Å². The van der Waals surface area contributed by atoms with E-state index in [0.29, 0.717) is 12.2 Å². The minimum Gasteiger partial charge on any atom is -0.373 e. The highest BCUT2D eigenvalue weighted by atomic mass is 16.5. The molecule has 2 saturated heterocycles. The van der Waals surface area contributed by atoms with Crippen LogP contribution in [0.1, 0.15) is 33.1 Å². The van der Waals surface area contributed by atoms with E-state index in [1.54, 1.807) is 0 Å². The summed E-state index contributed by atoms with van der Waals surface area (Å²) in [6.07, 6.45) is 4.34. The summed E-state index contributed by atoms with van der Waals surface area (Å²) in [7, 11) is 2.22. The Morgan fingerprint density at radius 1 is 1.17 bits per heavy atom. The van der Waals surface area contributed by atoms with E-state index in [9.17, 15) is 0 Å². The van der Waals surface area contributed by atoms with Gasteiger partial charge >= 0.3 is 0 Å². The van der Waals surface area contributed by atoms with Crippen LogP contribution in [0.25, 0.3) is 0 Å². The Kier molecular flexibility index (Phi) is 4.64. The molecule has 2 aliphatic heterocycles. The van der Waals surface area contributed by atoms with Gasteiger partial charge in [-0.15, -0.1) is 0 Å². The monoisotopic (exact) mass is 255 g/mol. The van der Waals surface area contributed by atoms with Crippen LogP contribution >= 0.6 is 0 Å². The van der Waals surface area contributed by atoms with Gasteiger partial charge < -0.3 is 15.4 Å². The Morgan fingerprint density at radius 3 is 2.44 bits per heavy atom. The van der Waals surface area contributed by atoms with Crippen molar-refractivity contribution in [2.24, 2.45) is 5.73 Å². The molecule has 4 heteroatoms. The van der Waals surface area contributed by atoms with E-state index >= 15 is 0 Å². The van der Waals surface area contributed by atoms with Gasteiger partial charge in [-0.05, 0) is 53.2 Å². The fourth-order valence-corrected chi connectivity index (χ4v) is 3.53. The highest BCUT2D eigenvalue weighted by Gasteiger charge is 2.39. The van der Waals surface area contributed by atoms with Crippen LogP contribution in [0.5, 0.6) is 0 Å². The third-order valence-corrected chi connectivity index (χ3v) is 4.61. The van der Waals surface area contributed by atoms with E-state index in [1.807, 2.05) is 0 Å². The van der Waals surface area contributed by atoms with Gasteiger partial charge in [0.05, 0.1) is 12.2 Å². The zero-order valence-electron chi connectivity index (χ0n) is 12.2. The summed E-state index contributed by atoms with van der Waals surface area (Å²) in [6.45, 7) is 9.57. The molecular weight excluding hydrogens is 226 g/mol. The summed E-state index contributed by atoms with van der Waals surface area (Å²) >= 11 is 0. The van der Waals surface area contributed by atoms with Crippen LogP contribution in [0.2, 0.25) is 0 Å². The summed E-state index contributed by atoms with van der Waals surface area (Å²) < 4.78 is 5.86. The second kappa shape index (κ2) is 5.87. The van der Waals surface area contributed by atoms with Crippen molar-refractivity contribution in [2.45, 2.75) is 50.9 Å². The first-order chi connectivity index (χ1) is 8.55. The Hall–Kier alpha value is -0.160. The smallest absolute Gasteiger partial charge is 0.0678 e. The maximum atomic E-state index is 6.17. The first-order valence-electron chi connectivity index (χ1n) is 7.35. The molecular formula is C14H29N3O. The van der Waals surface area contributed by atoms with Crippen molar-refractivity contribution in [2.75, 3.05) is 39.8 Å². The van der Waals surface area contributed by atoms with Crippen molar-refractivity contribution in [1.29, 1.82) is 0 Å². The predicted octanol–water partition coefficient (Wildman–Crippen LogP) is 0.909. The Bertz CT molecular complexity index is 264. The van der Waals surface area contributed by atoms with E-state index < -0.39 is 0 Å². The van der Waals surface area contributed by atoms with Gasteiger partial charge in [0.2, 0.25) is 0 Å². The third kappa shape index (κ3) is 3.05. The average Bonchev–Trinajstić information content (AvgIpc) is 2.51. The van der Waals surface area contributed by atoms with Crippen molar-refractivity contribution in [3.63, 3.8) is 0 Å². The number of morpholine rings is 1. The number of likely N-dealkylation sites (tertiary alicyclic amines) is 1. The summed E-state index contributed by atoms with van der Waals surface area (Å²) in [5.74, 6) is 0. The summed E-state index contributed by atoms with van der Waals surface area (Å²) in [6, 6.07) is 0. The van der Waals surface area contributed by atoms with Gasteiger partial charge in [0, 0.05) is 25.2 Å². The predicted molar refractivity (Wildman–Crippen MR) is 74.7 cm³/mol. The molecule has 0 bridgehead atoms. The number of hydrogen-bond acceptors (Lipinski definition) is 4. The van der Waals surface area contributed by atoms with E-state index in [0.717, 1.165) is 26.2 Å². The molecule has 0 aromatic heterocycles. The van der Waals surface area contributed by atoms with Crippen LogP contribution in [0.15, 0.2) is 0 Å². The number of ether oxygens (including phenoxy) is 1. The largest absolute Gasteiger partial charge is 0.373 e. The second-order valence-corrected chi connectivity index (χ2v) is 6.25. The lowest BCUT2D eigenvalue weighted by molar-refractivity contribution is -0.103. The molecule has 2 N–H and O–H groups in total. The molecule has 0 amide bonds. The quantitative estimate of drug-likeness (QED) is 0.796. The normalized spacial score (nSPS) is 40.7. The maximum Gasteiger partial charge on any atom is 0.0678 e. The zero-order chi connectivity index (χ0) is 13.2. The molecule has 3 atom stereocenters. The highest BCUT2D eigenvalue weighted by molar-refractivity contribution is 4.96. The molecule has 2 rings (SSSR count). The lowest BCUT2D eigenvalue weighted by atomic mass is 9.87. The Labute approximate surface area is 111 Å². The summed E-state index contributed by atoms with van der Waals surface area (Å²) in [5, 5.41) is 0. The third-order valence-electron chi connectivity index (χ3n) is 4.61. The zero-order valence-corrected chi connectivity index (χ0v) is 12.2. The molecule has 0 aromatic rings. The summed E-state index contributed by atoms with van der Waals surface area (Å²) in [5.41, 5.74) is 6.38. The average molecular weight is 255 g/mol. The first kappa shape index (κ1) is 14.3. The molecule has 1 unspecified atom stereocenters. The van der Waals surface area contributed by atoms with E-state index in [1.165, 1.54) is 25.8 Å². The Balaban J connectivity index is 2.10. The van der Waals surface area contributed by atoms with Crippen molar-refractivity contribution in [3.05, 3.63) is 0 Å². The van der Waals surface area contributed by atoms with E-state index in [4.69, 9.17) is 10.5 Å². The van der Waals surface area contributed by atoms with E-state index in [2.05, 4.69) is 30.7 Å². The maximum absolute atomic E-state index is 6.17. The van der Waals surface area contributed by atoms with Gasteiger partial charge in [-0.3, -0.25) is 4.90 Å². The SMILES string of the molecule is C[C@@H]1CN(C2(CN)CCCN(C)CC2)C[C@H](C)O1. The standard InChI is InChI=1S/C14H29N3O/c1-12-9-17(10-13(2)18-12)14(11-15)5-4-7-16(3)8-6-14/h12-13H,4-11,15H2,1-3H3/t12-,13+,14?. The van der Waals surface area contributed by atoms with Crippen LogP contribution in [0, 0.1) is 0 Å². The fourth-order valence-electron chi connectivity index (χ4n) is 3.53. The van der Waals surface area contributed by atoms with Crippen molar-refractivity contribution in [3.8, 4) is 0 Å². The molecule has 4 nitrogen and oxygen atoms in total. The van der Waals surface area contributed by atoms with Gasteiger partial charge in [-0.25, -0.2) is 0 Å². The Morgan fingerprint density at radius 2 is 1.83 bits per heavy atom. The van der Waals surface area contributed by atoms with Crippen LogP contribution < -0.4 is 5.73 Å². The van der Waals surface area contributed by atoms with Crippen molar-refractivity contribution < 1.29 is 4.74 Å². The second-order valence-electron chi connectivity index (χ2n) is 6.25.